The number of hydrogen-bond donors (Lipinski definition) is 2. The van der Waals surface area contributed by atoms with Gasteiger partial charge in [0.1, 0.15) is 5.75 Å². The first-order valence-corrected chi connectivity index (χ1v) is 6.85. The molecule has 18 heavy (non-hydrogen) atoms. The van der Waals surface area contributed by atoms with Crippen LogP contribution in [0, 0.1) is 5.92 Å². The van der Waals surface area contributed by atoms with E-state index in [9.17, 15) is 5.11 Å². The fraction of sp³-hybridized carbons (Fsp3) is 0.600. The molecule has 1 aliphatic heterocycles. The average molecular weight is 247 g/mol. The Balaban J connectivity index is 1.74. The van der Waals surface area contributed by atoms with Gasteiger partial charge in [-0.3, -0.25) is 0 Å². The lowest BCUT2D eigenvalue weighted by atomic mass is 9.79. The molecule has 0 amide bonds. The van der Waals surface area contributed by atoms with Crippen LogP contribution in [0.4, 0.5) is 0 Å². The second-order valence-corrected chi connectivity index (χ2v) is 5.76. The van der Waals surface area contributed by atoms with Crippen molar-refractivity contribution in [2.45, 2.75) is 37.8 Å². The van der Waals surface area contributed by atoms with Gasteiger partial charge in [-0.2, -0.15) is 0 Å². The Hall–Kier alpha value is -1.06. The molecule has 0 bridgehead atoms. The van der Waals surface area contributed by atoms with Crippen LogP contribution >= 0.6 is 0 Å². The van der Waals surface area contributed by atoms with Crippen molar-refractivity contribution in [3.63, 3.8) is 0 Å². The SMILES string of the molecule is CC1COc2ccccc2C1NCC1(O)CCC1. The van der Waals surface area contributed by atoms with Gasteiger partial charge in [-0.1, -0.05) is 25.1 Å². The highest BCUT2D eigenvalue weighted by atomic mass is 16.5. The minimum Gasteiger partial charge on any atom is -0.493 e. The summed E-state index contributed by atoms with van der Waals surface area (Å²) in [6.07, 6.45) is 3.01. The lowest BCUT2D eigenvalue weighted by Crippen LogP contribution is -2.48. The van der Waals surface area contributed by atoms with Crippen LogP contribution in [0.1, 0.15) is 37.8 Å². The first-order chi connectivity index (χ1) is 8.68. The minimum atomic E-state index is -0.465. The van der Waals surface area contributed by atoms with Crippen LogP contribution in [0.25, 0.3) is 0 Å². The van der Waals surface area contributed by atoms with Crippen LogP contribution in [-0.4, -0.2) is 23.9 Å². The smallest absolute Gasteiger partial charge is 0.124 e. The number of fused-ring (bicyclic) bond motifs is 1. The lowest BCUT2D eigenvalue weighted by Gasteiger charge is -2.40. The van der Waals surface area contributed by atoms with Gasteiger partial charge < -0.3 is 15.2 Å². The van der Waals surface area contributed by atoms with Crippen molar-refractivity contribution < 1.29 is 9.84 Å². The van der Waals surface area contributed by atoms with Gasteiger partial charge in [0.2, 0.25) is 0 Å². The number of ether oxygens (including phenoxy) is 1. The molecule has 3 heteroatoms. The highest BCUT2D eigenvalue weighted by Crippen LogP contribution is 2.36. The first kappa shape index (κ1) is 12.0. The Morgan fingerprint density at radius 2 is 2.17 bits per heavy atom. The molecule has 0 saturated heterocycles. The number of nitrogens with one attached hydrogen (secondary N) is 1. The fourth-order valence-electron chi connectivity index (χ4n) is 2.87. The second-order valence-electron chi connectivity index (χ2n) is 5.76. The molecule has 0 radical (unpaired) electrons. The predicted molar refractivity (Wildman–Crippen MR) is 70.6 cm³/mol. The van der Waals surface area contributed by atoms with E-state index in [1.54, 1.807) is 0 Å². The summed E-state index contributed by atoms with van der Waals surface area (Å²) in [5, 5.41) is 13.7. The number of para-hydroxylation sites is 1. The van der Waals surface area contributed by atoms with E-state index >= 15 is 0 Å². The van der Waals surface area contributed by atoms with Crippen molar-refractivity contribution in [2.24, 2.45) is 5.92 Å². The summed E-state index contributed by atoms with van der Waals surface area (Å²) in [4.78, 5) is 0. The van der Waals surface area contributed by atoms with E-state index in [1.807, 2.05) is 18.2 Å². The number of rotatable bonds is 3. The summed E-state index contributed by atoms with van der Waals surface area (Å²) in [6, 6.07) is 8.49. The molecule has 0 aromatic heterocycles. The van der Waals surface area contributed by atoms with Crippen LogP contribution in [-0.2, 0) is 0 Å². The monoisotopic (exact) mass is 247 g/mol. The van der Waals surface area contributed by atoms with Crippen molar-refractivity contribution >= 4 is 0 Å². The molecule has 1 heterocycles. The minimum absolute atomic E-state index is 0.291. The zero-order valence-electron chi connectivity index (χ0n) is 10.9. The maximum Gasteiger partial charge on any atom is 0.124 e. The summed E-state index contributed by atoms with van der Waals surface area (Å²) in [5.41, 5.74) is 0.756. The topological polar surface area (TPSA) is 41.5 Å². The molecule has 1 aliphatic carbocycles. The second kappa shape index (κ2) is 4.56. The maximum absolute atomic E-state index is 10.2. The quantitative estimate of drug-likeness (QED) is 0.861. The van der Waals surface area contributed by atoms with E-state index in [0.717, 1.165) is 31.6 Å². The molecule has 1 aromatic rings. The summed E-state index contributed by atoms with van der Waals surface area (Å²) >= 11 is 0. The van der Waals surface area contributed by atoms with E-state index in [4.69, 9.17) is 4.74 Å². The van der Waals surface area contributed by atoms with Crippen molar-refractivity contribution in [2.75, 3.05) is 13.2 Å². The molecule has 98 valence electrons. The van der Waals surface area contributed by atoms with Crippen LogP contribution < -0.4 is 10.1 Å². The van der Waals surface area contributed by atoms with Crippen molar-refractivity contribution in [1.29, 1.82) is 0 Å². The van der Waals surface area contributed by atoms with Crippen molar-refractivity contribution in [3.05, 3.63) is 29.8 Å². The van der Waals surface area contributed by atoms with Gasteiger partial charge in [-0.15, -0.1) is 0 Å². The summed E-state index contributed by atoms with van der Waals surface area (Å²) < 4.78 is 5.74. The number of benzene rings is 1. The highest BCUT2D eigenvalue weighted by molar-refractivity contribution is 5.37. The van der Waals surface area contributed by atoms with E-state index < -0.39 is 5.60 Å². The molecule has 2 atom stereocenters. The number of aliphatic hydroxyl groups is 1. The third kappa shape index (κ3) is 2.13. The lowest BCUT2D eigenvalue weighted by molar-refractivity contribution is -0.0355. The van der Waals surface area contributed by atoms with Gasteiger partial charge in [-0.05, 0) is 25.3 Å². The molecule has 1 fully saturated rings. The molecule has 2 unspecified atom stereocenters. The van der Waals surface area contributed by atoms with Crippen LogP contribution in [0.2, 0.25) is 0 Å². The van der Waals surface area contributed by atoms with E-state index in [2.05, 4.69) is 18.3 Å². The Kier molecular flexibility index (Phi) is 3.04. The summed E-state index contributed by atoms with van der Waals surface area (Å²) in [5.74, 6) is 1.41. The molecule has 1 saturated carbocycles. The van der Waals surface area contributed by atoms with Crippen LogP contribution in [0.5, 0.6) is 5.75 Å². The van der Waals surface area contributed by atoms with Gasteiger partial charge in [0.05, 0.1) is 12.2 Å². The van der Waals surface area contributed by atoms with Gasteiger partial charge in [0, 0.05) is 24.1 Å². The Morgan fingerprint density at radius 3 is 2.89 bits per heavy atom. The maximum atomic E-state index is 10.2. The van der Waals surface area contributed by atoms with Crippen molar-refractivity contribution in [1.82, 2.24) is 5.32 Å². The molecule has 3 rings (SSSR count). The van der Waals surface area contributed by atoms with Gasteiger partial charge in [0.15, 0.2) is 0 Å². The van der Waals surface area contributed by atoms with E-state index in [-0.39, 0.29) is 0 Å². The molecule has 2 aliphatic rings. The molecule has 2 N–H and O–H groups in total. The predicted octanol–water partition coefficient (Wildman–Crippen LogP) is 2.26. The van der Waals surface area contributed by atoms with E-state index in [1.165, 1.54) is 5.56 Å². The van der Waals surface area contributed by atoms with E-state index in [0.29, 0.717) is 18.5 Å². The third-order valence-electron chi connectivity index (χ3n) is 4.26. The number of hydrogen-bond acceptors (Lipinski definition) is 3. The van der Waals surface area contributed by atoms with Crippen LogP contribution in [0.15, 0.2) is 24.3 Å². The largest absolute Gasteiger partial charge is 0.493 e. The Labute approximate surface area is 108 Å². The standard InChI is InChI=1S/C15H21NO2/c1-11-9-18-13-6-3-2-5-12(13)14(11)16-10-15(17)7-4-8-15/h2-3,5-6,11,14,16-17H,4,7-10H2,1H3. The molecule has 1 aromatic carbocycles. The Morgan fingerprint density at radius 1 is 1.39 bits per heavy atom. The molecule has 0 spiro atoms. The van der Waals surface area contributed by atoms with Gasteiger partial charge >= 0.3 is 0 Å². The zero-order chi connectivity index (χ0) is 12.6. The molecular formula is C15H21NO2. The first-order valence-electron chi connectivity index (χ1n) is 6.85. The fourth-order valence-corrected chi connectivity index (χ4v) is 2.87. The summed E-state index contributed by atoms with van der Waals surface area (Å²) in [6.45, 7) is 3.63. The molecule has 3 nitrogen and oxygen atoms in total. The van der Waals surface area contributed by atoms with Crippen LogP contribution in [0.3, 0.4) is 0 Å². The Bertz CT molecular complexity index is 428. The average Bonchev–Trinajstić information content (AvgIpc) is 2.35. The normalized spacial score (nSPS) is 29.0. The zero-order valence-corrected chi connectivity index (χ0v) is 10.9. The van der Waals surface area contributed by atoms with Gasteiger partial charge in [-0.25, -0.2) is 0 Å². The van der Waals surface area contributed by atoms with Gasteiger partial charge in [0.25, 0.3) is 0 Å². The molecular weight excluding hydrogens is 226 g/mol. The third-order valence-corrected chi connectivity index (χ3v) is 4.26. The summed E-state index contributed by atoms with van der Waals surface area (Å²) in [7, 11) is 0. The van der Waals surface area contributed by atoms with Crippen molar-refractivity contribution in [3.8, 4) is 5.75 Å². The highest BCUT2D eigenvalue weighted by Gasteiger charge is 2.36.